The Hall–Kier alpha value is -4.06. The average molecular weight is 526 g/mol. The normalized spacial score (nSPS) is 14.6. The first kappa shape index (κ1) is 26.5. The molecule has 1 atom stereocenters. The van der Waals surface area contributed by atoms with Crippen molar-refractivity contribution in [3.63, 3.8) is 0 Å². The van der Waals surface area contributed by atoms with Crippen LogP contribution in [0.15, 0.2) is 72.8 Å². The van der Waals surface area contributed by atoms with Crippen molar-refractivity contribution in [1.29, 1.82) is 0 Å². The minimum Gasteiger partial charge on any atom is -0.493 e. The molecular formula is C33H35NO5. The molecule has 3 aromatic carbocycles. The van der Waals surface area contributed by atoms with E-state index in [4.69, 9.17) is 9.47 Å². The van der Waals surface area contributed by atoms with Crippen molar-refractivity contribution in [2.24, 2.45) is 5.92 Å². The monoisotopic (exact) mass is 525 g/mol. The number of rotatable bonds is 11. The zero-order chi connectivity index (χ0) is 27.2. The largest absolute Gasteiger partial charge is 0.493 e. The predicted molar refractivity (Wildman–Crippen MR) is 152 cm³/mol. The highest BCUT2D eigenvalue weighted by atomic mass is 16.5. The summed E-state index contributed by atoms with van der Waals surface area (Å²) in [5.41, 5.74) is 4.49. The number of carbonyl (C=O) groups is 2. The molecule has 0 radical (unpaired) electrons. The number of carbonyl (C=O) groups excluding carboxylic acids is 1. The second-order valence-corrected chi connectivity index (χ2v) is 10.2. The minimum absolute atomic E-state index is 0.123. The van der Waals surface area contributed by atoms with Crippen LogP contribution in [-0.2, 0) is 24.1 Å². The molecule has 1 aliphatic carbocycles. The number of ether oxygens (including phenoxy) is 2. The molecule has 1 unspecified atom stereocenters. The summed E-state index contributed by atoms with van der Waals surface area (Å²) in [4.78, 5) is 25.5. The average Bonchev–Trinajstić information content (AvgIpc) is 3.29. The zero-order valence-corrected chi connectivity index (χ0v) is 22.4. The Bertz CT molecular complexity index is 1440. The maximum atomic E-state index is 13.7. The molecule has 0 saturated heterocycles. The van der Waals surface area contributed by atoms with Gasteiger partial charge in [0.25, 0.3) is 5.91 Å². The van der Waals surface area contributed by atoms with Crippen molar-refractivity contribution >= 4 is 22.8 Å². The van der Waals surface area contributed by atoms with E-state index in [0.717, 1.165) is 54.3 Å². The topological polar surface area (TPSA) is 77.8 Å². The fourth-order valence-electron chi connectivity index (χ4n) is 5.60. The molecule has 6 heteroatoms. The van der Waals surface area contributed by atoms with Gasteiger partial charge in [0, 0.05) is 22.7 Å². The first-order chi connectivity index (χ1) is 19.1. The SMILES string of the molecule is COc1cc2c(cc1OCCCCCCc1ccccc1)c1c(n2C(=O)c2ccccc2)CCC(C(=O)O)C1. The van der Waals surface area contributed by atoms with E-state index in [1.165, 1.54) is 5.56 Å². The molecule has 39 heavy (non-hydrogen) atoms. The summed E-state index contributed by atoms with van der Waals surface area (Å²) >= 11 is 0. The quantitative estimate of drug-likeness (QED) is 0.220. The summed E-state index contributed by atoms with van der Waals surface area (Å²) in [6.45, 7) is 0.566. The summed E-state index contributed by atoms with van der Waals surface area (Å²) in [5, 5.41) is 10.6. The van der Waals surface area contributed by atoms with Gasteiger partial charge < -0.3 is 14.6 Å². The summed E-state index contributed by atoms with van der Waals surface area (Å²) in [7, 11) is 1.60. The Labute approximate surface area is 229 Å². The van der Waals surface area contributed by atoms with Gasteiger partial charge in [0.05, 0.1) is 25.2 Å². The van der Waals surface area contributed by atoms with Gasteiger partial charge in [-0.3, -0.25) is 14.2 Å². The van der Waals surface area contributed by atoms with Crippen LogP contribution in [-0.4, -0.2) is 35.3 Å². The van der Waals surface area contributed by atoms with Crippen molar-refractivity contribution in [3.05, 3.63) is 95.2 Å². The molecule has 0 saturated carbocycles. The highest BCUT2D eigenvalue weighted by Gasteiger charge is 2.32. The lowest BCUT2D eigenvalue weighted by Crippen LogP contribution is -2.24. The standard InChI is InChI=1S/C33H35NO5/c1-38-30-22-29-27(21-31(30)39-19-11-3-2-6-12-23-13-7-4-8-14-23)26-20-25(33(36)37)17-18-28(26)34(29)32(35)24-15-9-5-10-16-24/h4-5,7-10,13-16,21-22,25H,2-3,6,11-12,17-20H2,1H3,(H,36,37). The minimum atomic E-state index is -0.798. The van der Waals surface area contributed by atoms with Crippen LogP contribution in [0.4, 0.5) is 0 Å². The Kier molecular flexibility index (Phi) is 8.30. The summed E-state index contributed by atoms with van der Waals surface area (Å²) < 4.78 is 13.6. The van der Waals surface area contributed by atoms with Crippen LogP contribution in [0, 0.1) is 5.92 Å². The smallest absolute Gasteiger partial charge is 0.306 e. The van der Waals surface area contributed by atoms with Gasteiger partial charge in [0.15, 0.2) is 11.5 Å². The molecule has 0 spiro atoms. The number of fused-ring (bicyclic) bond motifs is 3. The first-order valence-corrected chi connectivity index (χ1v) is 13.8. The number of methoxy groups -OCH3 is 1. The van der Waals surface area contributed by atoms with Crippen molar-refractivity contribution < 1.29 is 24.2 Å². The fourth-order valence-corrected chi connectivity index (χ4v) is 5.60. The lowest BCUT2D eigenvalue weighted by atomic mass is 9.86. The molecule has 4 aromatic rings. The van der Waals surface area contributed by atoms with E-state index in [0.29, 0.717) is 42.9 Å². The lowest BCUT2D eigenvalue weighted by Gasteiger charge is -2.20. The number of hydrogen-bond donors (Lipinski definition) is 1. The Morgan fingerprint density at radius 1 is 0.923 bits per heavy atom. The number of unbranched alkanes of at least 4 members (excludes halogenated alkanes) is 3. The number of carboxylic acids is 1. The number of nitrogens with zero attached hydrogens (tertiary/aromatic N) is 1. The maximum Gasteiger partial charge on any atom is 0.306 e. The highest BCUT2D eigenvalue weighted by Crippen LogP contribution is 2.40. The number of aromatic nitrogens is 1. The van der Waals surface area contributed by atoms with E-state index in [1.807, 2.05) is 36.4 Å². The van der Waals surface area contributed by atoms with Gasteiger partial charge in [-0.25, -0.2) is 0 Å². The molecule has 1 aromatic heterocycles. The maximum absolute atomic E-state index is 13.7. The van der Waals surface area contributed by atoms with Gasteiger partial charge in [0.2, 0.25) is 0 Å². The molecule has 6 nitrogen and oxygen atoms in total. The molecule has 1 aliphatic rings. The van der Waals surface area contributed by atoms with Gasteiger partial charge in [0.1, 0.15) is 0 Å². The molecule has 5 rings (SSSR count). The number of benzene rings is 3. The molecule has 0 amide bonds. The van der Waals surface area contributed by atoms with Crippen molar-refractivity contribution in [2.75, 3.05) is 13.7 Å². The van der Waals surface area contributed by atoms with Gasteiger partial charge in [-0.05, 0) is 67.9 Å². The second-order valence-electron chi connectivity index (χ2n) is 10.2. The highest BCUT2D eigenvalue weighted by molar-refractivity contribution is 6.05. The van der Waals surface area contributed by atoms with Gasteiger partial charge in [-0.15, -0.1) is 0 Å². The third kappa shape index (κ3) is 5.85. The number of aliphatic carboxylic acids is 1. The molecule has 202 valence electrons. The van der Waals surface area contributed by atoms with Crippen LogP contribution in [0.1, 0.15) is 59.3 Å². The van der Waals surface area contributed by atoms with Crippen molar-refractivity contribution in [3.8, 4) is 11.5 Å². The van der Waals surface area contributed by atoms with Gasteiger partial charge >= 0.3 is 5.97 Å². The number of carboxylic acid groups (broad SMARTS) is 1. The summed E-state index contributed by atoms with van der Waals surface area (Å²) in [6, 6.07) is 23.5. The molecule has 0 aliphatic heterocycles. The van der Waals surface area contributed by atoms with Crippen LogP contribution in [0.2, 0.25) is 0 Å². The lowest BCUT2D eigenvalue weighted by molar-refractivity contribution is -0.142. The van der Waals surface area contributed by atoms with Crippen molar-refractivity contribution in [2.45, 2.75) is 51.4 Å². The summed E-state index contributed by atoms with van der Waals surface area (Å²) in [6.07, 6.45) is 6.82. The van der Waals surface area contributed by atoms with Crippen LogP contribution in [0.25, 0.3) is 10.9 Å². The molecule has 0 bridgehead atoms. The first-order valence-electron chi connectivity index (χ1n) is 13.8. The molecule has 0 fully saturated rings. The zero-order valence-electron chi connectivity index (χ0n) is 22.4. The van der Waals surface area contributed by atoms with E-state index in [1.54, 1.807) is 23.8 Å². The third-order valence-corrected chi connectivity index (χ3v) is 7.68. The van der Waals surface area contributed by atoms with Crippen LogP contribution in [0.3, 0.4) is 0 Å². The molecule has 1 N–H and O–H groups in total. The number of hydrogen-bond acceptors (Lipinski definition) is 4. The van der Waals surface area contributed by atoms with E-state index in [9.17, 15) is 14.7 Å². The molecule has 1 heterocycles. The Morgan fingerprint density at radius 3 is 2.36 bits per heavy atom. The van der Waals surface area contributed by atoms with Crippen LogP contribution >= 0.6 is 0 Å². The van der Waals surface area contributed by atoms with E-state index < -0.39 is 11.9 Å². The van der Waals surface area contributed by atoms with E-state index in [2.05, 4.69) is 24.3 Å². The van der Waals surface area contributed by atoms with Gasteiger partial charge in [-0.2, -0.15) is 0 Å². The Balaban J connectivity index is 1.36. The fraction of sp³-hybridized carbons (Fsp3) is 0.333. The van der Waals surface area contributed by atoms with E-state index >= 15 is 0 Å². The van der Waals surface area contributed by atoms with Crippen LogP contribution in [0.5, 0.6) is 11.5 Å². The van der Waals surface area contributed by atoms with Crippen molar-refractivity contribution in [1.82, 2.24) is 4.57 Å². The predicted octanol–water partition coefficient (Wildman–Crippen LogP) is 6.71. The van der Waals surface area contributed by atoms with Crippen LogP contribution < -0.4 is 9.47 Å². The number of aryl methyl sites for hydroxylation is 1. The summed E-state index contributed by atoms with van der Waals surface area (Å²) in [5.74, 6) is -0.196. The Morgan fingerprint density at radius 2 is 1.64 bits per heavy atom. The second kappa shape index (κ2) is 12.2. The van der Waals surface area contributed by atoms with Gasteiger partial charge in [-0.1, -0.05) is 61.4 Å². The van der Waals surface area contributed by atoms with E-state index in [-0.39, 0.29) is 5.91 Å². The molecular weight excluding hydrogens is 490 g/mol. The third-order valence-electron chi connectivity index (χ3n) is 7.68.